The standard InChI is InChI=1S/C60H66/c1-5-9-23-35-59(36-24-10-6-2)53-33-21-19-31-45(53)47-39-49-51(41-55(47)59)57(43-27-15-13-16-28-43)50-40-48-46-32-20-22-34-54(46)60(37-25-11-7-3,38-26-12-8-4)56(48)42-52(50)58(49)44-29-17-14-18-30-44/h13-22,27-34,39-42H,5-12,23-26,35-38H2,1-4H3. The fourth-order valence-corrected chi connectivity index (χ4v) is 12.0. The Morgan fingerprint density at radius 2 is 0.617 bits per heavy atom. The van der Waals surface area contributed by atoms with Gasteiger partial charge in [-0.1, -0.05) is 214 Å². The van der Waals surface area contributed by atoms with Crippen LogP contribution in [0, 0.1) is 0 Å². The summed E-state index contributed by atoms with van der Waals surface area (Å²) in [5.74, 6) is 0. The quantitative estimate of drug-likeness (QED) is 0.0600. The minimum Gasteiger partial charge on any atom is -0.0654 e. The molecule has 0 aliphatic heterocycles. The van der Waals surface area contributed by atoms with Crippen molar-refractivity contribution >= 4 is 21.5 Å². The zero-order valence-corrected chi connectivity index (χ0v) is 37.0. The molecule has 2 aliphatic rings. The Morgan fingerprint density at radius 1 is 0.300 bits per heavy atom. The van der Waals surface area contributed by atoms with Crippen LogP contribution < -0.4 is 0 Å². The van der Waals surface area contributed by atoms with E-state index in [1.165, 1.54) is 169 Å². The van der Waals surface area contributed by atoms with Crippen LogP contribution in [-0.4, -0.2) is 0 Å². The third-order valence-corrected chi connectivity index (χ3v) is 14.8. The van der Waals surface area contributed by atoms with Gasteiger partial charge in [0, 0.05) is 10.8 Å². The fraction of sp³-hybridized carbons (Fsp3) is 0.367. The molecule has 2 aliphatic carbocycles. The highest BCUT2D eigenvalue weighted by Crippen LogP contribution is 2.60. The normalized spacial score (nSPS) is 14.3. The van der Waals surface area contributed by atoms with E-state index in [0.29, 0.717) is 0 Å². The highest BCUT2D eigenvalue weighted by atomic mass is 14.5. The number of hydrogen-bond acceptors (Lipinski definition) is 0. The lowest BCUT2D eigenvalue weighted by molar-refractivity contribution is 0.405. The molecule has 0 unspecified atom stereocenters. The Kier molecular flexibility index (Phi) is 11.9. The van der Waals surface area contributed by atoms with Gasteiger partial charge in [0.25, 0.3) is 0 Å². The summed E-state index contributed by atoms with van der Waals surface area (Å²) in [7, 11) is 0. The maximum absolute atomic E-state index is 2.72. The van der Waals surface area contributed by atoms with Crippen LogP contribution >= 0.6 is 0 Å². The molecule has 0 aromatic heterocycles. The third kappa shape index (κ3) is 6.83. The largest absolute Gasteiger partial charge is 0.0654 e. The van der Waals surface area contributed by atoms with Crippen molar-refractivity contribution in [1.29, 1.82) is 0 Å². The second-order valence-corrected chi connectivity index (χ2v) is 18.5. The van der Waals surface area contributed by atoms with Crippen LogP contribution in [0.2, 0.25) is 0 Å². The summed E-state index contributed by atoms with van der Waals surface area (Å²) in [6.45, 7) is 9.41. The van der Waals surface area contributed by atoms with E-state index in [1.807, 2.05) is 0 Å². The lowest BCUT2D eigenvalue weighted by Crippen LogP contribution is -2.25. The SMILES string of the molecule is CCCCCC1(CCCCC)c2ccccc2-c2cc3c(-c4ccccc4)c4cc5c(cc4c(-c4ccccc4)c3cc21)-c1ccccc1C5(CCCCC)CCCCC. The Balaban J connectivity index is 1.42. The lowest BCUT2D eigenvalue weighted by atomic mass is 9.69. The first kappa shape index (κ1) is 40.5. The first-order valence-corrected chi connectivity index (χ1v) is 24.0. The van der Waals surface area contributed by atoms with Crippen LogP contribution in [0.25, 0.3) is 66.1 Å². The number of rotatable bonds is 18. The summed E-state index contributed by atoms with van der Waals surface area (Å²) in [4.78, 5) is 0. The molecule has 7 aromatic carbocycles. The van der Waals surface area contributed by atoms with E-state index in [0.717, 1.165) is 0 Å². The summed E-state index contributed by atoms with van der Waals surface area (Å²) in [6.07, 6.45) is 20.0. The van der Waals surface area contributed by atoms with E-state index in [9.17, 15) is 0 Å². The van der Waals surface area contributed by atoms with Crippen molar-refractivity contribution in [3.8, 4) is 44.5 Å². The van der Waals surface area contributed by atoms with Gasteiger partial charge in [0.2, 0.25) is 0 Å². The monoisotopic (exact) mass is 787 g/mol. The average molecular weight is 787 g/mol. The zero-order chi connectivity index (χ0) is 41.1. The first-order chi connectivity index (χ1) is 29.6. The topological polar surface area (TPSA) is 0 Å². The second-order valence-electron chi connectivity index (χ2n) is 18.5. The highest BCUT2D eigenvalue weighted by Gasteiger charge is 2.44. The molecule has 0 N–H and O–H groups in total. The van der Waals surface area contributed by atoms with Crippen molar-refractivity contribution in [1.82, 2.24) is 0 Å². The molecule has 0 fully saturated rings. The lowest BCUT2D eigenvalue weighted by Gasteiger charge is -2.34. The van der Waals surface area contributed by atoms with E-state index in [2.05, 4.69) is 161 Å². The van der Waals surface area contributed by atoms with Crippen molar-refractivity contribution in [3.05, 3.63) is 156 Å². The van der Waals surface area contributed by atoms with Crippen molar-refractivity contribution < 1.29 is 0 Å². The van der Waals surface area contributed by atoms with Crippen LogP contribution in [0.4, 0.5) is 0 Å². The number of hydrogen-bond donors (Lipinski definition) is 0. The van der Waals surface area contributed by atoms with Gasteiger partial charge in [0.05, 0.1) is 0 Å². The molecule has 0 radical (unpaired) electrons. The summed E-state index contributed by atoms with van der Waals surface area (Å²) < 4.78 is 0. The van der Waals surface area contributed by atoms with Crippen molar-refractivity contribution in [3.63, 3.8) is 0 Å². The Hall–Kier alpha value is -4.94. The molecule has 0 nitrogen and oxygen atoms in total. The molecule has 7 aromatic rings. The van der Waals surface area contributed by atoms with E-state index < -0.39 is 0 Å². The summed E-state index contributed by atoms with van der Waals surface area (Å²) >= 11 is 0. The average Bonchev–Trinajstić information content (AvgIpc) is 3.71. The van der Waals surface area contributed by atoms with Crippen molar-refractivity contribution in [2.75, 3.05) is 0 Å². The molecule has 0 saturated carbocycles. The molecule has 0 amide bonds. The maximum atomic E-state index is 2.72. The van der Waals surface area contributed by atoms with Gasteiger partial charge in [-0.15, -0.1) is 0 Å². The molecule has 0 bridgehead atoms. The van der Waals surface area contributed by atoms with E-state index in [1.54, 1.807) is 22.3 Å². The molecule has 0 saturated heterocycles. The van der Waals surface area contributed by atoms with E-state index in [4.69, 9.17) is 0 Å². The molecular formula is C60H66. The maximum Gasteiger partial charge on any atom is 0.0215 e. The summed E-state index contributed by atoms with van der Waals surface area (Å²) in [5.41, 5.74) is 17.6. The van der Waals surface area contributed by atoms with Crippen molar-refractivity contribution in [2.45, 2.75) is 141 Å². The smallest absolute Gasteiger partial charge is 0.0215 e. The van der Waals surface area contributed by atoms with Gasteiger partial charge in [-0.2, -0.15) is 0 Å². The van der Waals surface area contributed by atoms with Gasteiger partial charge >= 0.3 is 0 Å². The molecule has 9 rings (SSSR count). The van der Waals surface area contributed by atoms with Gasteiger partial charge in [0.1, 0.15) is 0 Å². The summed E-state index contributed by atoms with van der Waals surface area (Å²) in [5, 5.41) is 5.57. The van der Waals surface area contributed by atoms with E-state index >= 15 is 0 Å². The van der Waals surface area contributed by atoms with Crippen LogP contribution in [0.3, 0.4) is 0 Å². The van der Waals surface area contributed by atoms with E-state index in [-0.39, 0.29) is 10.8 Å². The van der Waals surface area contributed by atoms with Crippen LogP contribution in [0.15, 0.2) is 133 Å². The van der Waals surface area contributed by atoms with Crippen molar-refractivity contribution in [2.24, 2.45) is 0 Å². The number of benzene rings is 7. The van der Waals surface area contributed by atoms with Gasteiger partial charge in [-0.05, 0) is 138 Å². The van der Waals surface area contributed by atoms with Crippen LogP contribution in [0.1, 0.15) is 153 Å². The molecule has 0 atom stereocenters. The highest BCUT2D eigenvalue weighted by molar-refractivity contribution is 6.23. The second kappa shape index (κ2) is 17.6. The molecule has 60 heavy (non-hydrogen) atoms. The fourth-order valence-electron chi connectivity index (χ4n) is 12.0. The Bertz CT molecular complexity index is 2390. The van der Waals surface area contributed by atoms with Gasteiger partial charge in [0.15, 0.2) is 0 Å². The first-order valence-electron chi connectivity index (χ1n) is 24.0. The molecular weight excluding hydrogens is 721 g/mol. The third-order valence-electron chi connectivity index (χ3n) is 14.8. The predicted octanol–water partition coefficient (Wildman–Crippen LogP) is 18.2. The number of fused-ring (bicyclic) bond motifs is 8. The van der Waals surface area contributed by atoms with Crippen LogP contribution in [0.5, 0.6) is 0 Å². The minimum atomic E-state index is 0.0216. The van der Waals surface area contributed by atoms with Gasteiger partial charge < -0.3 is 0 Å². The van der Waals surface area contributed by atoms with Crippen LogP contribution in [-0.2, 0) is 10.8 Å². The summed E-state index contributed by atoms with van der Waals surface area (Å²) in [6, 6.07) is 52.6. The molecule has 0 heterocycles. The molecule has 0 heteroatoms. The Labute approximate surface area is 361 Å². The molecule has 306 valence electrons. The predicted molar refractivity (Wildman–Crippen MR) is 261 cm³/mol. The number of unbranched alkanes of at least 4 members (excludes halogenated alkanes) is 8. The Morgan fingerprint density at radius 3 is 0.967 bits per heavy atom. The van der Waals surface area contributed by atoms with Gasteiger partial charge in [-0.25, -0.2) is 0 Å². The minimum absolute atomic E-state index is 0.0216. The van der Waals surface area contributed by atoms with Gasteiger partial charge in [-0.3, -0.25) is 0 Å². The molecule has 0 spiro atoms. The zero-order valence-electron chi connectivity index (χ0n) is 37.0.